The third kappa shape index (κ3) is 2.82. The summed E-state index contributed by atoms with van der Waals surface area (Å²) < 4.78 is 24.2. The van der Waals surface area contributed by atoms with Crippen molar-refractivity contribution in [1.82, 2.24) is 0 Å². The molecule has 0 heterocycles. The maximum Gasteiger partial charge on any atom is 0.100 e. The molecule has 1 rings (SSSR count). The van der Waals surface area contributed by atoms with Crippen LogP contribution in [0.25, 0.3) is 0 Å². The van der Waals surface area contributed by atoms with Gasteiger partial charge < -0.3 is 0 Å². The van der Waals surface area contributed by atoms with Crippen molar-refractivity contribution in [1.29, 1.82) is 0 Å². The van der Waals surface area contributed by atoms with E-state index in [1.54, 1.807) is 0 Å². The molecule has 0 aromatic carbocycles. The molecule has 1 aliphatic carbocycles. The van der Waals surface area contributed by atoms with Gasteiger partial charge in [-0.25, -0.2) is 4.39 Å². The Morgan fingerprint density at radius 3 is 2.42 bits per heavy atom. The van der Waals surface area contributed by atoms with E-state index < -0.39 is 14.0 Å². The maximum absolute atomic E-state index is 12.7. The zero-order valence-corrected chi connectivity index (χ0v) is 8.53. The first-order valence-electron chi connectivity index (χ1n) is 4.82. The van der Waals surface area contributed by atoms with Crippen LogP contribution in [0, 0.1) is 0 Å². The second-order valence-electron chi connectivity index (χ2n) is 3.55. The highest BCUT2D eigenvalue weighted by Gasteiger charge is 2.24. The highest BCUT2D eigenvalue weighted by molar-refractivity contribution is 7.45. The number of hydrogen-bond acceptors (Lipinski definition) is 1. The minimum atomic E-state index is -1.03. The Hall–Kier alpha value is 0.0300. The van der Waals surface area contributed by atoms with Gasteiger partial charge in [-0.1, -0.05) is 6.92 Å². The molecule has 1 nitrogen and oxygen atoms in total. The monoisotopic (exact) mass is 191 g/mol. The fraction of sp³-hybridized carbons (Fsp3) is 1.00. The van der Waals surface area contributed by atoms with E-state index in [9.17, 15) is 8.96 Å². The summed E-state index contributed by atoms with van der Waals surface area (Å²) in [6, 6.07) is 0. The van der Waals surface area contributed by atoms with Crippen molar-refractivity contribution in [3.63, 3.8) is 0 Å². The number of halogens is 1. The Morgan fingerprint density at radius 2 is 1.92 bits per heavy atom. The molecule has 1 aliphatic rings. The normalized spacial score (nSPS) is 31.7. The lowest BCUT2D eigenvalue weighted by Crippen LogP contribution is -2.17. The van der Waals surface area contributed by atoms with E-state index >= 15 is 0 Å². The van der Waals surface area contributed by atoms with Gasteiger partial charge in [-0.3, -0.25) is 4.57 Å². The molecule has 1 saturated carbocycles. The Bertz CT molecular complexity index is 153. The molecule has 0 saturated heterocycles. The van der Waals surface area contributed by atoms with Gasteiger partial charge in [-0.2, -0.15) is 0 Å². The summed E-state index contributed by atoms with van der Waals surface area (Å²) in [6.07, 6.45) is 4.16. The molecule has 0 N–H and O–H groups in total. The van der Waals surface area contributed by atoms with Gasteiger partial charge in [0.2, 0.25) is 0 Å². The molecule has 1 fully saturated rings. The van der Waals surface area contributed by atoms with Gasteiger partial charge in [0.15, 0.2) is 0 Å². The van der Waals surface area contributed by atoms with Crippen LogP contribution in [0.3, 0.4) is 0 Å². The minimum absolute atomic E-state index is 0.326. The summed E-state index contributed by atoms with van der Waals surface area (Å²) in [7, 11) is -1.03. The number of hydrogen-bond donors (Lipinski definition) is 0. The average molecular weight is 191 g/mol. The predicted octanol–water partition coefficient (Wildman–Crippen LogP) is 3.50. The third-order valence-corrected chi connectivity index (χ3v) is 4.70. The Labute approximate surface area is 74.5 Å². The fourth-order valence-electron chi connectivity index (χ4n) is 1.73. The molecule has 0 bridgehead atoms. The molecule has 0 aromatic rings. The average Bonchev–Trinajstić information content (AvgIpc) is 2.06. The SMILES string of the molecule is CCC[P](=O)C1CCC(F)CC1. The lowest BCUT2D eigenvalue weighted by Gasteiger charge is -2.22. The first kappa shape index (κ1) is 10.1. The molecule has 1 atom stereocenters. The lowest BCUT2D eigenvalue weighted by atomic mass is 9.98. The predicted molar refractivity (Wildman–Crippen MR) is 49.9 cm³/mol. The van der Waals surface area contributed by atoms with Gasteiger partial charge in [0, 0.05) is 11.8 Å². The van der Waals surface area contributed by atoms with Gasteiger partial charge >= 0.3 is 0 Å². The van der Waals surface area contributed by atoms with Crippen molar-refractivity contribution < 1.29 is 8.96 Å². The second kappa shape index (κ2) is 4.91. The third-order valence-electron chi connectivity index (χ3n) is 2.48. The molecule has 0 spiro atoms. The first-order valence-corrected chi connectivity index (χ1v) is 6.33. The number of rotatable bonds is 3. The molecular formula is C9H17FOP. The summed E-state index contributed by atoms with van der Waals surface area (Å²) in [5.74, 6) is 0. The molecule has 12 heavy (non-hydrogen) atoms. The van der Waals surface area contributed by atoms with Crippen molar-refractivity contribution in [3.8, 4) is 0 Å². The van der Waals surface area contributed by atoms with Crippen LogP contribution in [0.1, 0.15) is 39.0 Å². The Kier molecular flexibility index (Phi) is 4.14. The van der Waals surface area contributed by atoms with E-state index in [1.807, 2.05) is 6.92 Å². The van der Waals surface area contributed by atoms with E-state index in [0.717, 1.165) is 25.4 Å². The van der Waals surface area contributed by atoms with E-state index in [4.69, 9.17) is 0 Å². The van der Waals surface area contributed by atoms with Crippen molar-refractivity contribution in [2.24, 2.45) is 0 Å². The van der Waals surface area contributed by atoms with Crippen molar-refractivity contribution in [2.45, 2.75) is 50.9 Å². The first-order chi connectivity index (χ1) is 5.74. The van der Waals surface area contributed by atoms with Gasteiger partial charge in [-0.15, -0.1) is 0 Å². The topological polar surface area (TPSA) is 17.1 Å². The van der Waals surface area contributed by atoms with E-state index in [1.165, 1.54) is 0 Å². The van der Waals surface area contributed by atoms with Gasteiger partial charge in [-0.05, 0) is 32.1 Å². The Balaban J connectivity index is 2.29. The summed E-state index contributed by atoms with van der Waals surface area (Å²) in [6.45, 7) is 2.05. The van der Waals surface area contributed by atoms with E-state index in [0.29, 0.717) is 18.5 Å². The van der Waals surface area contributed by atoms with Crippen molar-refractivity contribution in [3.05, 3.63) is 0 Å². The summed E-state index contributed by atoms with van der Waals surface area (Å²) in [5.41, 5.74) is 0.326. The smallest absolute Gasteiger partial charge is 0.100 e. The maximum atomic E-state index is 12.7. The zero-order chi connectivity index (χ0) is 8.97. The van der Waals surface area contributed by atoms with Crippen molar-refractivity contribution in [2.75, 3.05) is 6.16 Å². The molecular weight excluding hydrogens is 174 g/mol. The Morgan fingerprint density at radius 1 is 1.33 bits per heavy atom. The summed E-state index contributed by atoms with van der Waals surface area (Å²) in [4.78, 5) is 0. The van der Waals surface area contributed by atoms with Crippen LogP contribution in [-0.4, -0.2) is 18.0 Å². The highest BCUT2D eigenvalue weighted by atomic mass is 31.1. The van der Waals surface area contributed by atoms with E-state index in [-0.39, 0.29) is 0 Å². The molecule has 1 radical (unpaired) electrons. The molecule has 1 unspecified atom stereocenters. The van der Waals surface area contributed by atoms with Crippen LogP contribution in [0.5, 0.6) is 0 Å². The summed E-state index contributed by atoms with van der Waals surface area (Å²) >= 11 is 0. The largest absolute Gasteiger partial charge is 0.287 e. The van der Waals surface area contributed by atoms with Crippen LogP contribution in [-0.2, 0) is 4.57 Å². The molecule has 3 heteroatoms. The molecule has 0 aliphatic heterocycles. The highest BCUT2D eigenvalue weighted by Crippen LogP contribution is 2.39. The van der Waals surface area contributed by atoms with Gasteiger partial charge in [0.05, 0.1) is 7.80 Å². The lowest BCUT2D eigenvalue weighted by molar-refractivity contribution is 0.252. The number of alkyl halides is 1. The van der Waals surface area contributed by atoms with E-state index in [2.05, 4.69) is 0 Å². The van der Waals surface area contributed by atoms with Crippen molar-refractivity contribution >= 4 is 7.80 Å². The van der Waals surface area contributed by atoms with Gasteiger partial charge in [0.1, 0.15) is 6.17 Å². The second-order valence-corrected chi connectivity index (χ2v) is 5.56. The van der Waals surface area contributed by atoms with Gasteiger partial charge in [0.25, 0.3) is 0 Å². The molecule has 0 aromatic heterocycles. The minimum Gasteiger partial charge on any atom is -0.287 e. The fourth-order valence-corrected chi connectivity index (χ4v) is 3.41. The van der Waals surface area contributed by atoms with Crippen LogP contribution < -0.4 is 0 Å². The zero-order valence-electron chi connectivity index (χ0n) is 7.63. The molecule has 71 valence electrons. The van der Waals surface area contributed by atoms with Crippen LogP contribution >= 0.6 is 7.80 Å². The van der Waals surface area contributed by atoms with Crippen LogP contribution in [0.4, 0.5) is 4.39 Å². The van der Waals surface area contributed by atoms with Crippen LogP contribution in [0.15, 0.2) is 0 Å². The van der Waals surface area contributed by atoms with Crippen LogP contribution in [0.2, 0.25) is 0 Å². The quantitative estimate of drug-likeness (QED) is 0.624. The summed E-state index contributed by atoms with van der Waals surface area (Å²) in [5, 5.41) is 0. The standard InChI is InChI=1S/C9H17FOP/c1-2-7-12(11)9-5-3-8(10)4-6-9/h8-9H,2-7H2,1H3. The molecule has 0 amide bonds.